The Balaban J connectivity index is 1.90. The number of benzene rings is 1. The smallest absolute Gasteiger partial charge is 0.352 e. The fourth-order valence-corrected chi connectivity index (χ4v) is 3.11. The molecule has 0 spiro atoms. The number of carboxylic acid groups (broad SMARTS) is 1. The van der Waals surface area contributed by atoms with E-state index in [4.69, 9.17) is 0 Å². The number of carboxylic acids is 1. The second kappa shape index (κ2) is 6.22. The van der Waals surface area contributed by atoms with Crippen LogP contribution >= 0.6 is 0 Å². The molecule has 1 fully saturated rings. The molecule has 2 heterocycles. The number of carbonyl (C=O) groups excluding carboxylic acids is 1. The van der Waals surface area contributed by atoms with Gasteiger partial charge in [0.05, 0.1) is 0 Å². The molecule has 1 aliphatic rings. The number of para-hydroxylation sites is 1. The van der Waals surface area contributed by atoms with Crippen molar-refractivity contribution in [3.63, 3.8) is 0 Å². The molecule has 1 amide bonds. The Hall–Kier alpha value is -2.30. The maximum absolute atomic E-state index is 12.5. The van der Waals surface area contributed by atoms with Gasteiger partial charge < -0.3 is 14.6 Å². The van der Waals surface area contributed by atoms with Gasteiger partial charge in [0.15, 0.2) is 0 Å². The second-order valence-corrected chi connectivity index (χ2v) is 5.77. The highest BCUT2D eigenvalue weighted by atomic mass is 16.4. The maximum Gasteiger partial charge on any atom is 0.352 e. The van der Waals surface area contributed by atoms with Crippen molar-refractivity contribution in [3.05, 3.63) is 36.0 Å². The molecule has 116 valence electrons. The molecule has 0 atom stereocenters. The first kappa shape index (κ1) is 14.6. The molecule has 3 rings (SSSR count). The molecule has 0 saturated carbocycles. The molecule has 0 bridgehead atoms. The van der Waals surface area contributed by atoms with Crippen molar-refractivity contribution >= 4 is 22.8 Å². The molecule has 2 aromatic rings. The fourth-order valence-electron chi connectivity index (χ4n) is 3.11. The molecule has 22 heavy (non-hydrogen) atoms. The van der Waals surface area contributed by atoms with Crippen LogP contribution in [0.15, 0.2) is 30.3 Å². The molecule has 5 nitrogen and oxygen atoms in total. The van der Waals surface area contributed by atoms with Crippen LogP contribution in [0.5, 0.6) is 0 Å². The minimum absolute atomic E-state index is 0.00533. The summed E-state index contributed by atoms with van der Waals surface area (Å²) in [7, 11) is 0. The lowest BCUT2D eigenvalue weighted by molar-refractivity contribution is -0.131. The monoisotopic (exact) mass is 300 g/mol. The van der Waals surface area contributed by atoms with Crippen molar-refractivity contribution in [2.75, 3.05) is 13.1 Å². The first-order valence-corrected chi connectivity index (χ1v) is 7.76. The van der Waals surface area contributed by atoms with Gasteiger partial charge in [0.2, 0.25) is 5.91 Å². The van der Waals surface area contributed by atoms with E-state index in [-0.39, 0.29) is 18.1 Å². The molecule has 1 saturated heterocycles. The number of aromatic nitrogens is 1. The first-order valence-electron chi connectivity index (χ1n) is 7.76. The molecular weight excluding hydrogens is 280 g/mol. The molecule has 1 aliphatic heterocycles. The van der Waals surface area contributed by atoms with Gasteiger partial charge in [-0.1, -0.05) is 31.0 Å². The summed E-state index contributed by atoms with van der Waals surface area (Å²) < 4.78 is 1.62. The molecule has 1 N–H and O–H groups in total. The SMILES string of the molecule is O=C(O)c1cc2ccccc2n1CC(=O)N1CCCCCC1. The normalized spacial score (nSPS) is 15.7. The average Bonchev–Trinajstić information content (AvgIpc) is 2.70. The number of rotatable bonds is 3. The predicted molar refractivity (Wildman–Crippen MR) is 83.9 cm³/mol. The molecule has 0 unspecified atom stereocenters. The summed E-state index contributed by atoms with van der Waals surface area (Å²) in [5.74, 6) is -0.995. The van der Waals surface area contributed by atoms with E-state index >= 15 is 0 Å². The summed E-state index contributed by atoms with van der Waals surface area (Å²) >= 11 is 0. The third kappa shape index (κ3) is 2.84. The van der Waals surface area contributed by atoms with Crippen molar-refractivity contribution in [2.45, 2.75) is 32.2 Å². The van der Waals surface area contributed by atoms with Crippen molar-refractivity contribution in [1.29, 1.82) is 0 Å². The van der Waals surface area contributed by atoms with E-state index in [0.717, 1.165) is 49.7 Å². The minimum Gasteiger partial charge on any atom is -0.477 e. The van der Waals surface area contributed by atoms with Gasteiger partial charge in [0, 0.05) is 24.0 Å². The van der Waals surface area contributed by atoms with Crippen LogP contribution in [-0.2, 0) is 11.3 Å². The zero-order chi connectivity index (χ0) is 15.5. The van der Waals surface area contributed by atoms with Crippen LogP contribution in [0.1, 0.15) is 36.2 Å². The van der Waals surface area contributed by atoms with Gasteiger partial charge >= 0.3 is 5.97 Å². The number of fused-ring (bicyclic) bond motifs is 1. The molecule has 5 heteroatoms. The Bertz CT molecular complexity index is 697. The number of carbonyl (C=O) groups is 2. The van der Waals surface area contributed by atoms with Crippen LogP contribution in [-0.4, -0.2) is 39.5 Å². The molecule has 1 aromatic carbocycles. The van der Waals surface area contributed by atoms with Crippen LogP contribution in [0, 0.1) is 0 Å². The molecule has 1 aromatic heterocycles. The van der Waals surface area contributed by atoms with E-state index in [1.54, 1.807) is 10.6 Å². The van der Waals surface area contributed by atoms with Gasteiger partial charge in [-0.05, 0) is 25.0 Å². The number of hydrogen-bond acceptors (Lipinski definition) is 2. The lowest BCUT2D eigenvalue weighted by atomic mass is 10.2. The lowest BCUT2D eigenvalue weighted by Crippen LogP contribution is -2.35. The van der Waals surface area contributed by atoms with Crippen LogP contribution in [0.3, 0.4) is 0 Å². The van der Waals surface area contributed by atoms with Crippen LogP contribution in [0.25, 0.3) is 10.9 Å². The minimum atomic E-state index is -1.00. The zero-order valence-electron chi connectivity index (χ0n) is 12.5. The summed E-state index contributed by atoms with van der Waals surface area (Å²) in [4.78, 5) is 25.9. The largest absolute Gasteiger partial charge is 0.477 e. The van der Waals surface area contributed by atoms with Gasteiger partial charge in [-0.15, -0.1) is 0 Å². The van der Waals surface area contributed by atoms with E-state index < -0.39 is 5.97 Å². The van der Waals surface area contributed by atoms with Crippen molar-refractivity contribution in [2.24, 2.45) is 0 Å². The Morgan fingerprint density at radius 1 is 1.05 bits per heavy atom. The van der Waals surface area contributed by atoms with Crippen molar-refractivity contribution in [3.8, 4) is 0 Å². The second-order valence-electron chi connectivity index (χ2n) is 5.77. The van der Waals surface area contributed by atoms with E-state index in [1.165, 1.54) is 0 Å². The Morgan fingerprint density at radius 2 is 1.73 bits per heavy atom. The lowest BCUT2D eigenvalue weighted by Gasteiger charge is -2.21. The molecule has 0 radical (unpaired) electrons. The third-order valence-corrected chi connectivity index (χ3v) is 4.28. The van der Waals surface area contributed by atoms with E-state index in [9.17, 15) is 14.7 Å². The highest BCUT2D eigenvalue weighted by Crippen LogP contribution is 2.20. The Kier molecular flexibility index (Phi) is 4.13. The molecular formula is C17H20N2O3. The Labute approximate surface area is 129 Å². The molecule has 0 aliphatic carbocycles. The van der Waals surface area contributed by atoms with Crippen molar-refractivity contribution < 1.29 is 14.7 Å². The highest BCUT2D eigenvalue weighted by Gasteiger charge is 2.20. The van der Waals surface area contributed by atoms with Crippen LogP contribution in [0.4, 0.5) is 0 Å². The number of likely N-dealkylation sites (tertiary alicyclic amines) is 1. The standard InChI is InChI=1S/C17H20N2O3/c20-16(18-9-5-1-2-6-10-18)12-19-14-8-4-3-7-13(14)11-15(19)17(21)22/h3-4,7-8,11H,1-2,5-6,9-10,12H2,(H,21,22). The fraction of sp³-hybridized carbons (Fsp3) is 0.412. The number of nitrogens with zero attached hydrogens (tertiary/aromatic N) is 2. The highest BCUT2D eigenvalue weighted by molar-refractivity contribution is 5.95. The van der Waals surface area contributed by atoms with E-state index in [1.807, 2.05) is 29.2 Å². The summed E-state index contributed by atoms with van der Waals surface area (Å²) in [6.45, 7) is 1.65. The van der Waals surface area contributed by atoms with Gasteiger partial charge in [-0.3, -0.25) is 4.79 Å². The van der Waals surface area contributed by atoms with Gasteiger partial charge in [-0.25, -0.2) is 4.79 Å². The summed E-state index contributed by atoms with van der Waals surface area (Å²) in [5.41, 5.74) is 0.965. The number of aromatic carboxylic acids is 1. The predicted octanol–water partition coefficient (Wildman–Crippen LogP) is 2.74. The van der Waals surface area contributed by atoms with Crippen LogP contribution < -0.4 is 0 Å². The van der Waals surface area contributed by atoms with Crippen LogP contribution in [0.2, 0.25) is 0 Å². The van der Waals surface area contributed by atoms with Gasteiger partial charge in [0.1, 0.15) is 12.2 Å². The maximum atomic E-state index is 12.5. The summed E-state index contributed by atoms with van der Waals surface area (Å²) in [6, 6.07) is 9.09. The van der Waals surface area contributed by atoms with E-state index in [2.05, 4.69) is 0 Å². The quantitative estimate of drug-likeness (QED) is 0.948. The van der Waals surface area contributed by atoms with E-state index in [0.29, 0.717) is 0 Å². The number of amides is 1. The first-order chi connectivity index (χ1) is 10.7. The van der Waals surface area contributed by atoms with Gasteiger partial charge in [-0.2, -0.15) is 0 Å². The zero-order valence-corrected chi connectivity index (χ0v) is 12.5. The summed E-state index contributed by atoms with van der Waals surface area (Å²) in [6.07, 6.45) is 4.39. The topological polar surface area (TPSA) is 62.5 Å². The summed E-state index contributed by atoms with van der Waals surface area (Å²) in [5, 5.41) is 10.2. The Morgan fingerprint density at radius 3 is 2.41 bits per heavy atom. The third-order valence-electron chi connectivity index (χ3n) is 4.28. The average molecular weight is 300 g/mol. The number of hydrogen-bond donors (Lipinski definition) is 1. The van der Waals surface area contributed by atoms with Crippen molar-refractivity contribution in [1.82, 2.24) is 9.47 Å². The van der Waals surface area contributed by atoms with Gasteiger partial charge in [0.25, 0.3) is 0 Å².